The zero-order chi connectivity index (χ0) is 65.5. The standard InChI is InChI=1S/C81H161N2O6P/c1-6-8-10-12-14-16-18-20-22-24-26-28-30-32-34-36-37-38-39-40-41-42-43-44-45-46-47-49-51-53-55-57-59-61-63-65-67-69-71-73-75-81(85)82-79(78-89-90(86,87)88-77-76-83(3,4)5)80(84)74-72-70-68-66-64-62-60-58-56-54-52-50-48-35-33-31-29-27-25-23-21-19-17-15-13-11-9-7-2/h64,66,72,74,79-80,84H,6-63,65,67-71,73,75-78H2,1-5H3,(H-,82,85,86,87)/b66-64+,74-72+. The fourth-order valence-corrected chi connectivity index (χ4v) is 13.6. The first kappa shape index (κ1) is 89.0. The van der Waals surface area contributed by atoms with E-state index >= 15 is 0 Å². The molecule has 3 unspecified atom stereocenters. The van der Waals surface area contributed by atoms with Gasteiger partial charge in [-0.3, -0.25) is 9.36 Å². The molecular formula is C81H161N2O6P. The molecule has 0 radical (unpaired) electrons. The highest BCUT2D eigenvalue weighted by Gasteiger charge is 2.23. The monoisotopic (exact) mass is 1290 g/mol. The van der Waals surface area contributed by atoms with E-state index in [1.54, 1.807) is 6.08 Å². The van der Waals surface area contributed by atoms with E-state index in [1.165, 1.54) is 379 Å². The van der Waals surface area contributed by atoms with E-state index in [1.807, 2.05) is 27.2 Å². The molecule has 0 aliphatic heterocycles. The lowest BCUT2D eigenvalue weighted by atomic mass is 10.0. The second-order valence-corrected chi connectivity index (χ2v) is 30.9. The van der Waals surface area contributed by atoms with Crippen LogP contribution >= 0.6 is 7.82 Å². The van der Waals surface area contributed by atoms with Gasteiger partial charge in [-0.15, -0.1) is 0 Å². The summed E-state index contributed by atoms with van der Waals surface area (Å²) in [5, 5.41) is 14.0. The van der Waals surface area contributed by atoms with Gasteiger partial charge in [-0.1, -0.05) is 423 Å². The summed E-state index contributed by atoms with van der Waals surface area (Å²) < 4.78 is 23.5. The first-order valence-electron chi connectivity index (χ1n) is 40.7. The minimum atomic E-state index is -4.61. The lowest BCUT2D eigenvalue weighted by Crippen LogP contribution is -2.45. The van der Waals surface area contributed by atoms with Gasteiger partial charge in [-0.25, -0.2) is 0 Å². The molecule has 0 heterocycles. The lowest BCUT2D eigenvalue weighted by molar-refractivity contribution is -0.870. The molecule has 2 N–H and O–H groups in total. The molecule has 3 atom stereocenters. The van der Waals surface area contributed by atoms with Gasteiger partial charge >= 0.3 is 0 Å². The Labute approximate surface area is 564 Å². The smallest absolute Gasteiger partial charge is 0.268 e. The second-order valence-electron chi connectivity index (χ2n) is 29.5. The van der Waals surface area contributed by atoms with Crippen molar-refractivity contribution in [3.05, 3.63) is 24.3 Å². The number of hydrogen-bond donors (Lipinski definition) is 2. The van der Waals surface area contributed by atoms with E-state index < -0.39 is 20.0 Å². The molecular weight excluding hydrogens is 1130 g/mol. The van der Waals surface area contributed by atoms with Crippen molar-refractivity contribution in [3.63, 3.8) is 0 Å². The molecule has 0 aliphatic rings. The van der Waals surface area contributed by atoms with Gasteiger partial charge < -0.3 is 28.8 Å². The largest absolute Gasteiger partial charge is 0.756 e. The number of likely N-dealkylation sites (N-methyl/N-ethyl adjacent to an activating group) is 1. The van der Waals surface area contributed by atoms with Gasteiger partial charge in [0.05, 0.1) is 39.9 Å². The van der Waals surface area contributed by atoms with Gasteiger partial charge in [0.15, 0.2) is 0 Å². The normalized spacial score (nSPS) is 13.5. The lowest BCUT2D eigenvalue weighted by Gasteiger charge is -2.29. The molecule has 0 aromatic rings. The number of phosphoric ester groups is 1. The van der Waals surface area contributed by atoms with Crippen molar-refractivity contribution in [1.29, 1.82) is 0 Å². The molecule has 0 saturated carbocycles. The Hall–Kier alpha value is -1.02. The van der Waals surface area contributed by atoms with Crippen LogP contribution in [-0.2, 0) is 18.4 Å². The van der Waals surface area contributed by atoms with Gasteiger partial charge in [0.2, 0.25) is 5.91 Å². The molecule has 90 heavy (non-hydrogen) atoms. The maximum Gasteiger partial charge on any atom is 0.268 e. The summed E-state index contributed by atoms with van der Waals surface area (Å²) in [5.41, 5.74) is 0. The number of unbranched alkanes of at least 4 members (excludes halogenated alkanes) is 62. The van der Waals surface area contributed by atoms with Crippen LogP contribution in [0.15, 0.2) is 24.3 Å². The van der Waals surface area contributed by atoms with Gasteiger partial charge in [-0.2, -0.15) is 0 Å². The van der Waals surface area contributed by atoms with Crippen molar-refractivity contribution in [3.8, 4) is 0 Å². The number of nitrogens with zero attached hydrogens (tertiary/aromatic N) is 1. The van der Waals surface area contributed by atoms with Crippen molar-refractivity contribution in [2.45, 2.75) is 450 Å². The van der Waals surface area contributed by atoms with E-state index in [4.69, 9.17) is 9.05 Å². The van der Waals surface area contributed by atoms with E-state index in [0.717, 1.165) is 38.5 Å². The molecule has 0 rings (SSSR count). The zero-order valence-corrected chi connectivity index (χ0v) is 62.5. The van der Waals surface area contributed by atoms with E-state index in [0.29, 0.717) is 17.4 Å². The Morgan fingerprint density at radius 2 is 0.622 bits per heavy atom. The Bertz CT molecular complexity index is 1520. The van der Waals surface area contributed by atoms with Crippen LogP contribution in [0.3, 0.4) is 0 Å². The van der Waals surface area contributed by atoms with Crippen LogP contribution < -0.4 is 10.2 Å². The molecule has 0 saturated heterocycles. The highest BCUT2D eigenvalue weighted by atomic mass is 31.2. The highest BCUT2D eigenvalue weighted by molar-refractivity contribution is 7.45. The predicted molar refractivity (Wildman–Crippen MR) is 395 cm³/mol. The number of rotatable bonds is 77. The Balaban J connectivity index is 3.92. The molecule has 0 aliphatic carbocycles. The topological polar surface area (TPSA) is 108 Å². The molecule has 9 heteroatoms. The third kappa shape index (κ3) is 74.4. The van der Waals surface area contributed by atoms with Gasteiger partial charge in [0.25, 0.3) is 7.82 Å². The van der Waals surface area contributed by atoms with Crippen molar-refractivity contribution in [2.24, 2.45) is 0 Å². The molecule has 536 valence electrons. The fraction of sp³-hybridized carbons (Fsp3) is 0.938. The first-order valence-corrected chi connectivity index (χ1v) is 42.2. The van der Waals surface area contributed by atoms with Crippen LogP contribution in [0, 0.1) is 0 Å². The molecule has 0 aromatic carbocycles. The van der Waals surface area contributed by atoms with Crippen LogP contribution in [0.5, 0.6) is 0 Å². The van der Waals surface area contributed by atoms with Gasteiger partial charge in [0.1, 0.15) is 13.2 Å². The van der Waals surface area contributed by atoms with Crippen molar-refractivity contribution in [2.75, 3.05) is 40.9 Å². The van der Waals surface area contributed by atoms with Crippen molar-refractivity contribution < 1.29 is 32.9 Å². The minimum absolute atomic E-state index is 0.00327. The average Bonchev–Trinajstić information content (AvgIpc) is 3.62. The third-order valence-corrected chi connectivity index (χ3v) is 20.1. The summed E-state index contributed by atoms with van der Waals surface area (Å²) in [6.45, 7) is 4.71. The van der Waals surface area contributed by atoms with E-state index in [-0.39, 0.29) is 19.1 Å². The fourth-order valence-electron chi connectivity index (χ4n) is 12.9. The maximum atomic E-state index is 13.1. The number of aliphatic hydroxyl groups is 1. The summed E-state index contributed by atoms with van der Waals surface area (Å²) in [6.07, 6.45) is 96.6. The maximum absolute atomic E-state index is 13.1. The summed E-state index contributed by atoms with van der Waals surface area (Å²) in [6, 6.07) is -0.903. The van der Waals surface area contributed by atoms with E-state index in [2.05, 4.69) is 31.3 Å². The van der Waals surface area contributed by atoms with Crippen molar-refractivity contribution >= 4 is 13.7 Å². The number of hydrogen-bond acceptors (Lipinski definition) is 6. The number of allylic oxidation sites excluding steroid dienone is 3. The molecule has 0 spiro atoms. The summed E-state index contributed by atoms with van der Waals surface area (Å²) >= 11 is 0. The zero-order valence-electron chi connectivity index (χ0n) is 61.6. The number of carbonyl (C=O) groups excluding carboxylic acids is 1. The predicted octanol–water partition coefficient (Wildman–Crippen LogP) is 25.9. The summed E-state index contributed by atoms with van der Waals surface area (Å²) in [4.78, 5) is 25.7. The van der Waals surface area contributed by atoms with Crippen LogP contribution in [0.25, 0.3) is 0 Å². The summed E-state index contributed by atoms with van der Waals surface area (Å²) in [7, 11) is 1.27. The number of carbonyl (C=O) groups is 1. The Kier molecular flexibility index (Phi) is 71.4. The number of aliphatic hydroxyl groups excluding tert-OH is 1. The molecule has 0 bridgehead atoms. The molecule has 0 aromatic heterocycles. The average molecular weight is 1290 g/mol. The Morgan fingerprint density at radius 1 is 0.378 bits per heavy atom. The van der Waals surface area contributed by atoms with Crippen LogP contribution in [-0.4, -0.2) is 68.5 Å². The summed E-state index contributed by atoms with van der Waals surface area (Å²) in [5.74, 6) is -0.197. The molecule has 0 fully saturated rings. The number of quaternary nitrogens is 1. The third-order valence-electron chi connectivity index (χ3n) is 19.2. The van der Waals surface area contributed by atoms with Crippen LogP contribution in [0.1, 0.15) is 438 Å². The number of phosphoric acid groups is 1. The van der Waals surface area contributed by atoms with Crippen LogP contribution in [0.2, 0.25) is 0 Å². The number of amides is 1. The molecule has 1 amide bonds. The van der Waals surface area contributed by atoms with Gasteiger partial charge in [-0.05, 0) is 32.1 Å². The minimum Gasteiger partial charge on any atom is -0.756 e. The van der Waals surface area contributed by atoms with Crippen LogP contribution in [0.4, 0.5) is 0 Å². The highest BCUT2D eigenvalue weighted by Crippen LogP contribution is 2.38. The van der Waals surface area contributed by atoms with Gasteiger partial charge in [0, 0.05) is 6.42 Å². The second kappa shape index (κ2) is 72.3. The van der Waals surface area contributed by atoms with Crippen molar-refractivity contribution in [1.82, 2.24) is 5.32 Å². The Morgan fingerprint density at radius 3 is 0.900 bits per heavy atom. The SMILES string of the molecule is CCCCCCCCCCCCCCCCCCCCCCCC/C=C/CC/C=C/C(O)C(COP(=O)([O-])OCC[N+](C)(C)C)NC(=O)CCCCCCCCCCCCCCCCCCCCCCCCCCCCCCCCCCCCCCCCCC. The first-order chi connectivity index (χ1) is 44.0. The number of nitrogens with one attached hydrogen (secondary N) is 1. The van der Waals surface area contributed by atoms with E-state index in [9.17, 15) is 19.4 Å². The molecule has 8 nitrogen and oxygen atoms in total. The quantitative estimate of drug-likeness (QED) is 0.0272.